The highest BCUT2D eigenvalue weighted by atomic mass is 32.2. The van der Waals surface area contributed by atoms with Crippen molar-refractivity contribution in [2.24, 2.45) is 22.7 Å². The Bertz CT molecular complexity index is 1530. The Balaban J connectivity index is 1.19. The molecule has 1 saturated heterocycles. The van der Waals surface area contributed by atoms with E-state index in [2.05, 4.69) is 0 Å². The molecule has 7 nitrogen and oxygen atoms in total. The van der Waals surface area contributed by atoms with E-state index in [1.54, 1.807) is 11.8 Å². The molecule has 0 aromatic heterocycles. The lowest BCUT2D eigenvalue weighted by Crippen LogP contribution is -2.69. The number of ketones is 1. The summed E-state index contributed by atoms with van der Waals surface area (Å²) in [5.41, 5.74) is 3.96. The van der Waals surface area contributed by atoms with E-state index in [1.807, 2.05) is 80.6 Å². The van der Waals surface area contributed by atoms with Gasteiger partial charge in [-0.3, -0.25) is 4.79 Å². The molecule has 0 spiro atoms. The summed E-state index contributed by atoms with van der Waals surface area (Å²) >= 11 is 1.69. The summed E-state index contributed by atoms with van der Waals surface area (Å²) in [5.74, 6) is -0.564. The van der Waals surface area contributed by atoms with Crippen molar-refractivity contribution >= 4 is 23.2 Å². The molecule has 3 aliphatic carbocycles. The predicted octanol–water partition coefficient (Wildman–Crippen LogP) is 5.70. The summed E-state index contributed by atoms with van der Waals surface area (Å²) < 4.78 is 36.7. The summed E-state index contributed by atoms with van der Waals surface area (Å²) in [4.78, 5) is 15.0. The maximum atomic E-state index is 17.8. The van der Waals surface area contributed by atoms with Crippen molar-refractivity contribution in [2.75, 3.05) is 25.6 Å². The van der Waals surface area contributed by atoms with Crippen LogP contribution >= 0.6 is 11.8 Å². The van der Waals surface area contributed by atoms with E-state index in [9.17, 15) is 15.0 Å². The van der Waals surface area contributed by atoms with E-state index in [0.717, 1.165) is 33.0 Å². The van der Waals surface area contributed by atoms with Gasteiger partial charge in [0.2, 0.25) is 0 Å². The van der Waals surface area contributed by atoms with Crippen molar-refractivity contribution in [1.82, 2.24) is 0 Å². The van der Waals surface area contributed by atoms with Crippen LogP contribution in [0.15, 0.2) is 77.2 Å². The molecule has 2 aromatic rings. The maximum Gasteiger partial charge on any atom is 0.193 e. The van der Waals surface area contributed by atoms with Gasteiger partial charge in [-0.25, -0.2) is 4.39 Å². The summed E-state index contributed by atoms with van der Waals surface area (Å²) in [6.07, 6.45) is 4.51. The fraction of sp³-hybridized carbons (Fsp3) is 0.528. The third kappa shape index (κ3) is 4.53. The van der Waals surface area contributed by atoms with E-state index in [0.29, 0.717) is 32.5 Å². The van der Waals surface area contributed by atoms with E-state index >= 15 is 4.39 Å². The molecule has 4 N–H and O–H groups in total. The van der Waals surface area contributed by atoms with E-state index < -0.39 is 58.9 Å². The molecule has 240 valence electrons. The van der Waals surface area contributed by atoms with Gasteiger partial charge in [-0.2, -0.15) is 0 Å². The highest BCUT2D eigenvalue weighted by Crippen LogP contribution is 2.72. The summed E-state index contributed by atoms with van der Waals surface area (Å²) in [6, 6.07) is 15.7. The summed E-state index contributed by atoms with van der Waals surface area (Å²) in [6.45, 7) is 3.91. The second-order valence-corrected chi connectivity index (χ2v) is 14.8. The van der Waals surface area contributed by atoms with Crippen LogP contribution in [0.2, 0.25) is 0 Å². The number of thioether (sulfide) groups is 1. The third-order valence-electron chi connectivity index (χ3n) is 11.7. The van der Waals surface area contributed by atoms with Gasteiger partial charge in [-0.05, 0) is 74.4 Å². The lowest BCUT2D eigenvalue weighted by molar-refractivity contribution is -0.231. The summed E-state index contributed by atoms with van der Waals surface area (Å²) in [5, 5.41) is 22.2. The molecule has 0 amide bonds. The number of carbonyl (C=O) groups excluding carboxylic acids is 1. The number of nitrogens with two attached hydrogens (primary N) is 1. The lowest BCUT2D eigenvalue weighted by atomic mass is 9.45. The molecule has 45 heavy (non-hydrogen) atoms. The molecular formula is C36H42FNO6S. The fourth-order valence-corrected chi connectivity index (χ4v) is 10.3. The van der Waals surface area contributed by atoms with Crippen LogP contribution in [-0.2, 0) is 24.8 Å². The van der Waals surface area contributed by atoms with Crippen LogP contribution < -0.4 is 5.73 Å². The number of aliphatic hydroxyl groups excluding tert-OH is 2. The normalized spacial score (nSPS) is 42.2. The van der Waals surface area contributed by atoms with Gasteiger partial charge in [-0.1, -0.05) is 48.9 Å². The van der Waals surface area contributed by atoms with Crippen LogP contribution in [0.5, 0.6) is 0 Å². The fourth-order valence-electron chi connectivity index (χ4n) is 9.48. The van der Waals surface area contributed by atoms with Crippen molar-refractivity contribution < 1.29 is 33.6 Å². The second kappa shape index (κ2) is 11.3. The highest BCUT2D eigenvalue weighted by molar-refractivity contribution is 7.98. The number of hydrogen-bond acceptors (Lipinski definition) is 8. The Hall–Kier alpha value is -2.53. The number of Topliss-reactive ketones (excluding diaryl/α,β-unsaturated/α-hetero) is 1. The number of benzene rings is 2. The minimum Gasteiger partial charge on any atom is -0.399 e. The molecule has 0 bridgehead atoms. The molecular weight excluding hydrogens is 593 g/mol. The number of fused-ring (bicyclic) bond motifs is 7. The van der Waals surface area contributed by atoms with Crippen LogP contribution in [-0.4, -0.2) is 59.3 Å². The number of anilines is 1. The minimum absolute atomic E-state index is 0.0223. The SMILES string of the molecule is C[C@]12/C=C\COC/C=C\1CC[C@H]1[C@@H]3C[C@H]4O[C@@H](c5cccc(CSc6ccc(N)cc6)c5)O[C@@]4(C(=O)CO)[C@@]3(C)C[C@H](O)[C@@]12F. The number of carbonyl (C=O) groups is 1. The molecule has 9 heteroatoms. The van der Waals surface area contributed by atoms with Gasteiger partial charge in [0.25, 0.3) is 0 Å². The number of hydrogen-bond donors (Lipinski definition) is 3. The van der Waals surface area contributed by atoms with Crippen LogP contribution in [0.1, 0.15) is 56.9 Å². The van der Waals surface area contributed by atoms with Gasteiger partial charge in [0.05, 0.1) is 25.4 Å². The van der Waals surface area contributed by atoms with Crippen LogP contribution in [0, 0.1) is 22.7 Å². The average Bonchev–Trinajstić information content (AvgIpc) is 3.52. The molecule has 5 aliphatic rings. The van der Waals surface area contributed by atoms with Crippen molar-refractivity contribution in [3.05, 3.63) is 83.5 Å². The Morgan fingerprint density at radius 2 is 1.93 bits per heavy atom. The van der Waals surface area contributed by atoms with Crippen molar-refractivity contribution in [1.29, 1.82) is 0 Å². The van der Waals surface area contributed by atoms with Crippen molar-refractivity contribution in [3.8, 4) is 0 Å². The lowest BCUT2D eigenvalue weighted by Gasteiger charge is -2.62. The Kier molecular flexibility index (Phi) is 7.82. The number of aliphatic hydroxyl groups is 2. The molecule has 3 saturated carbocycles. The molecule has 9 atom stereocenters. The average molecular weight is 636 g/mol. The number of ether oxygens (including phenoxy) is 3. The molecule has 2 aliphatic heterocycles. The van der Waals surface area contributed by atoms with Crippen molar-refractivity contribution in [3.63, 3.8) is 0 Å². The largest absolute Gasteiger partial charge is 0.399 e. The quantitative estimate of drug-likeness (QED) is 0.211. The highest BCUT2D eigenvalue weighted by Gasteiger charge is 2.79. The zero-order valence-electron chi connectivity index (χ0n) is 25.8. The molecule has 7 rings (SSSR count). The zero-order chi connectivity index (χ0) is 31.6. The first kappa shape index (κ1) is 31.1. The molecule has 0 radical (unpaired) electrons. The summed E-state index contributed by atoms with van der Waals surface area (Å²) in [7, 11) is 0. The first-order chi connectivity index (χ1) is 21.6. The Labute approximate surface area is 268 Å². The monoisotopic (exact) mass is 635 g/mol. The van der Waals surface area contributed by atoms with E-state index in [4.69, 9.17) is 19.9 Å². The number of nitrogen functional groups attached to an aromatic ring is 1. The first-order valence-electron chi connectivity index (χ1n) is 15.9. The van der Waals surface area contributed by atoms with Gasteiger partial charge in [0.1, 0.15) is 6.61 Å². The van der Waals surface area contributed by atoms with E-state index in [1.165, 1.54) is 0 Å². The smallest absolute Gasteiger partial charge is 0.193 e. The van der Waals surface area contributed by atoms with Crippen LogP contribution in [0.25, 0.3) is 0 Å². The Morgan fingerprint density at radius 3 is 2.71 bits per heavy atom. The Morgan fingerprint density at radius 1 is 1.13 bits per heavy atom. The number of rotatable bonds is 6. The van der Waals surface area contributed by atoms with Crippen molar-refractivity contribution in [2.45, 2.75) is 79.9 Å². The molecule has 2 aromatic carbocycles. The molecule has 2 heterocycles. The van der Waals surface area contributed by atoms with Gasteiger partial charge >= 0.3 is 0 Å². The number of alkyl halides is 1. The predicted molar refractivity (Wildman–Crippen MR) is 170 cm³/mol. The van der Waals surface area contributed by atoms with Gasteiger partial charge in [0.15, 0.2) is 23.3 Å². The topological polar surface area (TPSA) is 111 Å². The molecule has 4 fully saturated rings. The first-order valence-corrected chi connectivity index (χ1v) is 16.9. The maximum absolute atomic E-state index is 17.8. The standard InChI is InChI=1S/C36H42FNO6S/c1-33-14-4-15-42-16-13-24(33)7-12-27-28-18-31-36(30(41)20-39,34(28,2)19-29(40)35(27,33)37)44-32(43-31)23-6-3-5-22(17-23)21-45-26-10-8-25(38)9-11-26/h3-6,8-11,13-14,17,27-29,31-32,39-40H,7,12,15-16,18-21,38H2,1-2H3/b14-4-,24-13-/t27-,28-,29-,31+,32+,33-,34-,35-,36+/m0/s1. The molecule has 0 unspecified atom stereocenters. The minimum atomic E-state index is -1.94. The van der Waals surface area contributed by atoms with Gasteiger partial charge in [-0.15, -0.1) is 11.8 Å². The van der Waals surface area contributed by atoms with E-state index in [-0.39, 0.29) is 12.3 Å². The zero-order valence-corrected chi connectivity index (χ0v) is 26.6. The number of allylic oxidation sites excluding steroid dienone is 2. The van der Waals surface area contributed by atoms with Gasteiger partial charge < -0.3 is 30.2 Å². The second-order valence-electron chi connectivity index (χ2n) is 13.8. The van der Waals surface area contributed by atoms with Crippen LogP contribution in [0.4, 0.5) is 10.1 Å². The third-order valence-corrected chi connectivity index (χ3v) is 12.7. The van der Waals surface area contributed by atoms with Gasteiger partial charge in [0, 0.05) is 38.6 Å². The van der Waals surface area contributed by atoms with Crippen LogP contribution in [0.3, 0.4) is 0 Å². The number of halogens is 1.